The molecule has 10 heteroatoms. The van der Waals surface area contributed by atoms with Gasteiger partial charge in [-0.15, -0.1) is 0 Å². The molecule has 2 aromatic rings. The highest BCUT2D eigenvalue weighted by Gasteiger charge is 2.48. The number of aromatic nitrogens is 1. The second-order valence-electron chi connectivity index (χ2n) is 9.56. The molecule has 2 heterocycles. The number of benzene rings is 1. The van der Waals surface area contributed by atoms with Crippen molar-refractivity contribution in [3.63, 3.8) is 0 Å². The van der Waals surface area contributed by atoms with Gasteiger partial charge in [-0.25, -0.2) is 14.2 Å². The zero-order valence-electron chi connectivity index (χ0n) is 19.7. The molecule has 1 aromatic heterocycles. The molecule has 1 aliphatic carbocycles. The van der Waals surface area contributed by atoms with E-state index in [1.54, 1.807) is 26.8 Å². The first kappa shape index (κ1) is 24.7. The lowest BCUT2D eigenvalue weighted by atomic mass is 9.81. The van der Waals surface area contributed by atoms with E-state index in [1.165, 1.54) is 42.2 Å². The zero-order chi connectivity index (χ0) is 25.2. The number of amides is 2. The van der Waals surface area contributed by atoms with Gasteiger partial charge in [-0.2, -0.15) is 5.26 Å². The maximum Gasteiger partial charge on any atom is 0.413 e. The van der Waals surface area contributed by atoms with Crippen LogP contribution in [0.5, 0.6) is 0 Å². The number of nitriles is 1. The molecule has 2 unspecified atom stereocenters. The molecule has 0 saturated heterocycles. The molecular weight excluding hydrogens is 469 g/mol. The van der Waals surface area contributed by atoms with E-state index in [0.29, 0.717) is 34.2 Å². The fourth-order valence-corrected chi connectivity index (χ4v) is 5.60. The number of rotatable bonds is 3. The van der Waals surface area contributed by atoms with Gasteiger partial charge in [0.1, 0.15) is 23.2 Å². The third-order valence-corrected chi connectivity index (χ3v) is 6.97. The molecule has 2 amide bonds. The van der Waals surface area contributed by atoms with Gasteiger partial charge in [0.25, 0.3) is 5.91 Å². The Balaban J connectivity index is 1.61. The summed E-state index contributed by atoms with van der Waals surface area (Å²) in [6.07, 6.45) is 3.11. The van der Waals surface area contributed by atoms with Gasteiger partial charge in [0.05, 0.1) is 11.1 Å². The van der Waals surface area contributed by atoms with Gasteiger partial charge in [0.2, 0.25) is 0 Å². The normalized spacial score (nSPS) is 21.3. The molecule has 0 bridgehead atoms. The number of alkyl carbamates (subject to hydrolysis) is 1. The first-order chi connectivity index (χ1) is 16.6. The van der Waals surface area contributed by atoms with Crippen molar-refractivity contribution in [2.75, 3.05) is 11.1 Å². The van der Waals surface area contributed by atoms with Crippen LogP contribution in [0.2, 0.25) is 0 Å². The number of nitrogens with zero attached hydrogens (tertiary/aromatic N) is 3. The van der Waals surface area contributed by atoms with E-state index in [-0.39, 0.29) is 11.6 Å². The fraction of sp³-hybridized carbons (Fsp3) is 0.400. The topological polar surface area (TPSA) is 116 Å². The summed E-state index contributed by atoms with van der Waals surface area (Å²) in [6, 6.07) is 9.34. The van der Waals surface area contributed by atoms with Crippen LogP contribution in [0.4, 0.5) is 14.9 Å². The predicted octanol–water partition coefficient (Wildman–Crippen LogP) is 4.97. The summed E-state index contributed by atoms with van der Waals surface area (Å²) in [4.78, 5) is 33.8. The zero-order valence-corrected chi connectivity index (χ0v) is 20.5. The van der Waals surface area contributed by atoms with Gasteiger partial charge in [-0.3, -0.25) is 15.1 Å². The maximum atomic E-state index is 15.2. The van der Waals surface area contributed by atoms with Crippen molar-refractivity contribution in [1.29, 1.82) is 5.26 Å². The molecule has 4 rings (SSSR count). The largest absolute Gasteiger partial charge is 0.444 e. The van der Waals surface area contributed by atoms with Gasteiger partial charge in [0, 0.05) is 23.2 Å². The lowest BCUT2D eigenvalue weighted by Crippen LogP contribution is -2.42. The van der Waals surface area contributed by atoms with Crippen LogP contribution in [0, 0.1) is 23.1 Å². The average Bonchev–Trinajstić information content (AvgIpc) is 3.23. The molecule has 35 heavy (non-hydrogen) atoms. The maximum absolute atomic E-state index is 15.2. The number of nitrogens with one attached hydrogen (secondary N) is 2. The Bertz CT molecular complexity index is 1220. The number of fused-ring (bicyclic) bond motifs is 1. The molecule has 2 atom stereocenters. The number of carbonyl (C=O) groups excluding carboxylic acids is 2. The van der Waals surface area contributed by atoms with E-state index in [2.05, 4.69) is 15.6 Å². The average molecular weight is 496 g/mol. The van der Waals surface area contributed by atoms with Crippen molar-refractivity contribution in [2.24, 2.45) is 10.9 Å². The van der Waals surface area contributed by atoms with E-state index >= 15 is 4.39 Å². The number of amidine groups is 1. The molecule has 0 radical (unpaired) electrons. The Morgan fingerprint density at radius 1 is 1.26 bits per heavy atom. The molecule has 1 fully saturated rings. The van der Waals surface area contributed by atoms with E-state index in [4.69, 9.17) is 15.0 Å². The molecule has 0 spiro atoms. The van der Waals surface area contributed by atoms with Gasteiger partial charge < -0.3 is 10.1 Å². The van der Waals surface area contributed by atoms with E-state index in [9.17, 15) is 9.59 Å². The number of thioether (sulfide) groups is 1. The summed E-state index contributed by atoms with van der Waals surface area (Å²) < 4.78 is 20.5. The van der Waals surface area contributed by atoms with E-state index < -0.39 is 29.0 Å². The summed E-state index contributed by atoms with van der Waals surface area (Å²) in [7, 11) is 0. The molecule has 182 valence electrons. The minimum atomic E-state index is -0.840. The third-order valence-electron chi connectivity index (χ3n) is 5.93. The van der Waals surface area contributed by atoms with Crippen LogP contribution in [-0.4, -0.2) is 33.5 Å². The van der Waals surface area contributed by atoms with Crippen LogP contribution in [0.25, 0.3) is 0 Å². The molecule has 2 N–H and O–H groups in total. The molecule has 1 aliphatic heterocycles. The summed E-state index contributed by atoms with van der Waals surface area (Å²) >= 11 is 1.42. The van der Waals surface area contributed by atoms with Crippen LogP contribution >= 0.6 is 11.8 Å². The highest BCUT2D eigenvalue weighted by molar-refractivity contribution is 8.13. The van der Waals surface area contributed by atoms with Gasteiger partial charge in [0.15, 0.2) is 5.17 Å². The van der Waals surface area contributed by atoms with Crippen molar-refractivity contribution in [3.8, 4) is 6.07 Å². The van der Waals surface area contributed by atoms with Crippen molar-refractivity contribution in [2.45, 2.75) is 51.2 Å². The molecule has 1 aromatic carbocycles. The van der Waals surface area contributed by atoms with Crippen molar-refractivity contribution in [1.82, 2.24) is 10.3 Å². The number of carbonyl (C=O) groups is 2. The third kappa shape index (κ3) is 5.46. The number of pyridine rings is 1. The summed E-state index contributed by atoms with van der Waals surface area (Å²) in [5, 5.41) is 14.8. The number of hydrogen-bond donors (Lipinski definition) is 2. The molecule has 2 aliphatic rings. The number of anilines is 1. The fourth-order valence-electron chi connectivity index (χ4n) is 4.42. The molecular formula is C25H26FN5O3S. The number of halogens is 1. The summed E-state index contributed by atoms with van der Waals surface area (Å²) in [6.45, 7) is 5.33. The predicted molar refractivity (Wildman–Crippen MR) is 132 cm³/mol. The highest BCUT2D eigenvalue weighted by atomic mass is 32.2. The Labute approximate surface area is 207 Å². The van der Waals surface area contributed by atoms with Crippen molar-refractivity contribution in [3.05, 3.63) is 59.2 Å². The van der Waals surface area contributed by atoms with Crippen LogP contribution in [0.15, 0.2) is 41.5 Å². The number of ether oxygens (including phenoxy) is 1. The second kappa shape index (κ2) is 9.66. The first-order valence-electron chi connectivity index (χ1n) is 11.3. The first-order valence-corrected chi connectivity index (χ1v) is 12.3. The van der Waals surface area contributed by atoms with Gasteiger partial charge in [-0.1, -0.05) is 18.2 Å². The van der Waals surface area contributed by atoms with Crippen molar-refractivity contribution < 1.29 is 18.7 Å². The minimum absolute atomic E-state index is 0.0948. The summed E-state index contributed by atoms with van der Waals surface area (Å²) in [5.74, 6) is -0.113. The summed E-state index contributed by atoms with van der Waals surface area (Å²) in [5.41, 5.74) is -0.210. The Morgan fingerprint density at radius 3 is 2.74 bits per heavy atom. The lowest BCUT2D eigenvalue weighted by Gasteiger charge is -2.37. The highest BCUT2D eigenvalue weighted by Crippen LogP contribution is 2.52. The Morgan fingerprint density at radius 2 is 2.06 bits per heavy atom. The smallest absolute Gasteiger partial charge is 0.413 e. The lowest BCUT2D eigenvalue weighted by molar-refractivity contribution is 0.0563. The standard InChI is InChI=1S/C25H26FN5O3S/c1-24(2,3)34-23(33)30-22-31-25(10-4-5-16(25)14-35-22)18-11-17(7-8-19(18)26)29-21(32)20-9-6-15(12-27)13-28-20/h6-9,11,13,16H,4-5,10,14H2,1-3H3,(H,29,32)(H,30,31,33). The van der Waals surface area contributed by atoms with Gasteiger partial charge in [-0.05, 0) is 69.9 Å². The molecule has 8 nitrogen and oxygen atoms in total. The van der Waals surface area contributed by atoms with E-state index in [1.807, 2.05) is 6.07 Å². The van der Waals surface area contributed by atoms with Crippen LogP contribution in [0.3, 0.4) is 0 Å². The Hall–Kier alpha value is -3.45. The molecule has 1 saturated carbocycles. The SMILES string of the molecule is CC(C)(C)OC(=O)NC1=NC2(c3cc(NC(=O)c4ccc(C#N)cn4)ccc3F)CCCC2CS1. The quantitative estimate of drug-likeness (QED) is 0.621. The van der Waals surface area contributed by atoms with Crippen LogP contribution < -0.4 is 10.6 Å². The Kier molecular flexibility index (Phi) is 6.81. The van der Waals surface area contributed by atoms with Crippen LogP contribution in [-0.2, 0) is 10.3 Å². The second-order valence-corrected chi connectivity index (χ2v) is 10.6. The van der Waals surface area contributed by atoms with Crippen LogP contribution in [0.1, 0.15) is 61.6 Å². The monoisotopic (exact) mass is 495 g/mol. The number of aliphatic imine (C=N–C) groups is 1. The minimum Gasteiger partial charge on any atom is -0.444 e. The van der Waals surface area contributed by atoms with E-state index in [0.717, 1.165) is 12.8 Å². The number of hydrogen-bond acceptors (Lipinski definition) is 7. The van der Waals surface area contributed by atoms with Crippen molar-refractivity contribution >= 4 is 34.6 Å². The van der Waals surface area contributed by atoms with Gasteiger partial charge >= 0.3 is 6.09 Å².